The zero-order chi connectivity index (χ0) is 27.4. The molecule has 1 unspecified atom stereocenters. The van der Waals surface area contributed by atoms with Gasteiger partial charge in [0.1, 0.15) is 11.9 Å². The van der Waals surface area contributed by atoms with Crippen molar-refractivity contribution in [2.24, 2.45) is 5.92 Å². The van der Waals surface area contributed by atoms with Crippen molar-refractivity contribution in [2.45, 2.75) is 37.3 Å². The number of carbonyl (C=O) groups excluding carboxylic acids is 1. The molecule has 1 saturated heterocycles. The highest BCUT2D eigenvalue weighted by molar-refractivity contribution is 5.92. The van der Waals surface area contributed by atoms with Gasteiger partial charge in [-0.25, -0.2) is 9.18 Å². The third-order valence-corrected chi connectivity index (χ3v) is 7.74. The van der Waals surface area contributed by atoms with E-state index in [1.165, 1.54) is 12.1 Å². The molecule has 1 fully saturated rings. The molecule has 0 spiro atoms. The maximum absolute atomic E-state index is 14.3. The molecule has 6 rings (SSSR count). The lowest BCUT2D eigenvalue weighted by Gasteiger charge is -2.38. The lowest BCUT2D eigenvalue weighted by atomic mass is 9.85. The number of hydrogen-bond donors (Lipinski definition) is 1. The quantitative estimate of drug-likeness (QED) is 0.447. The summed E-state index contributed by atoms with van der Waals surface area (Å²) >= 11 is 0. The first-order valence-electron chi connectivity index (χ1n) is 13.2. The van der Waals surface area contributed by atoms with Gasteiger partial charge in [0.05, 0.1) is 12.5 Å². The molecule has 3 atom stereocenters. The van der Waals surface area contributed by atoms with E-state index < -0.39 is 17.9 Å². The molecule has 1 N–H and O–H groups in total. The number of nitrogens with zero attached hydrogens (tertiary/aromatic N) is 2. The Balaban J connectivity index is 1.42. The van der Waals surface area contributed by atoms with Crippen molar-refractivity contribution in [3.8, 4) is 11.8 Å². The molecule has 1 aliphatic carbocycles. The number of carboxylic acids is 1. The minimum atomic E-state index is -0.974. The molecule has 3 aliphatic rings. The lowest BCUT2D eigenvalue weighted by Crippen LogP contribution is -2.51. The predicted molar refractivity (Wildman–Crippen MR) is 148 cm³/mol. The summed E-state index contributed by atoms with van der Waals surface area (Å²) in [6.45, 7) is 0.477. The highest BCUT2D eigenvalue weighted by Crippen LogP contribution is 2.41. The van der Waals surface area contributed by atoms with Gasteiger partial charge >= 0.3 is 5.97 Å². The van der Waals surface area contributed by atoms with Crippen LogP contribution < -0.4 is 0 Å². The van der Waals surface area contributed by atoms with Crippen LogP contribution in [0.3, 0.4) is 0 Å². The minimum Gasteiger partial charge on any atom is -0.480 e. The number of carboxylic acid groups (broad SMARTS) is 1. The molecule has 2 bridgehead atoms. The first kappa shape index (κ1) is 26.4. The maximum Gasteiger partial charge on any atom is 0.327 e. The van der Waals surface area contributed by atoms with Crippen LogP contribution in [0, 0.1) is 23.6 Å². The van der Waals surface area contributed by atoms with Crippen LogP contribution in [0.5, 0.6) is 0 Å². The number of fused-ring (bicyclic) bond motifs is 4. The van der Waals surface area contributed by atoms with Crippen molar-refractivity contribution in [2.75, 3.05) is 13.6 Å². The minimum absolute atomic E-state index is 0.0396. The molecular weight excluding hydrogens is 491 g/mol. The van der Waals surface area contributed by atoms with Crippen molar-refractivity contribution in [1.82, 2.24) is 9.80 Å². The van der Waals surface area contributed by atoms with Gasteiger partial charge in [-0.1, -0.05) is 78.6 Å². The smallest absolute Gasteiger partial charge is 0.327 e. The SMILES string of the molecule is CN(CC#Cc1ccc(F)cc1)C1CC2=CC[C@H](C1)[C@@H](C(=O)O)N2C(=O)C(c1ccccc1)c1ccccc1. The summed E-state index contributed by atoms with van der Waals surface area (Å²) in [6.07, 6.45) is 3.89. The number of rotatable bonds is 6. The van der Waals surface area contributed by atoms with E-state index in [9.17, 15) is 19.1 Å². The molecule has 198 valence electrons. The number of amides is 1. The second kappa shape index (κ2) is 11.7. The van der Waals surface area contributed by atoms with E-state index >= 15 is 0 Å². The third kappa shape index (κ3) is 5.79. The van der Waals surface area contributed by atoms with Crippen LogP contribution in [-0.4, -0.2) is 52.5 Å². The topological polar surface area (TPSA) is 60.9 Å². The van der Waals surface area contributed by atoms with Crippen molar-refractivity contribution in [3.05, 3.63) is 119 Å². The Morgan fingerprint density at radius 3 is 2.21 bits per heavy atom. The zero-order valence-corrected chi connectivity index (χ0v) is 21.8. The summed E-state index contributed by atoms with van der Waals surface area (Å²) in [5, 5.41) is 10.4. The third-order valence-electron chi connectivity index (χ3n) is 7.74. The van der Waals surface area contributed by atoms with Gasteiger partial charge in [-0.3, -0.25) is 9.69 Å². The van der Waals surface area contributed by atoms with E-state index in [0.29, 0.717) is 25.8 Å². The molecule has 0 saturated carbocycles. The Morgan fingerprint density at radius 1 is 1.00 bits per heavy atom. The summed E-state index contributed by atoms with van der Waals surface area (Å²) in [5.74, 6) is 3.93. The molecule has 2 aliphatic heterocycles. The van der Waals surface area contributed by atoms with Gasteiger partial charge in [0, 0.05) is 23.7 Å². The van der Waals surface area contributed by atoms with Crippen LogP contribution in [0.2, 0.25) is 0 Å². The highest BCUT2D eigenvalue weighted by Gasteiger charge is 2.47. The summed E-state index contributed by atoms with van der Waals surface area (Å²) < 4.78 is 13.2. The summed E-state index contributed by atoms with van der Waals surface area (Å²) in [5.41, 5.74) is 3.18. The molecule has 6 heteroatoms. The molecule has 2 heterocycles. The van der Waals surface area contributed by atoms with Crippen LogP contribution in [0.1, 0.15) is 41.9 Å². The maximum atomic E-state index is 14.3. The molecule has 1 amide bonds. The number of aliphatic carboxylic acids is 1. The fourth-order valence-electron chi connectivity index (χ4n) is 5.75. The van der Waals surface area contributed by atoms with E-state index in [1.54, 1.807) is 17.0 Å². The van der Waals surface area contributed by atoms with E-state index in [2.05, 4.69) is 16.7 Å². The van der Waals surface area contributed by atoms with Gasteiger partial charge < -0.3 is 10.0 Å². The number of hydrogen-bond acceptors (Lipinski definition) is 3. The fraction of sp³-hybridized carbons (Fsp3) is 0.273. The Morgan fingerprint density at radius 2 is 1.62 bits per heavy atom. The predicted octanol–water partition coefficient (Wildman–Crippen LogP) is 5.29. The van der Waals surface area contributed by atoms with Crippen LogP contribution in [-0.2, 0) is 9.59 Å². The zero-order valence-electron chi connectivity index (χ0n) is 21.8. The summed E-state index contributed by atoms with van der Waals surface area (Å²) in [4.78, 5) is 30.7. The van der Waals surface area contributed by atoms with E-state index in [0.717, 1.165) is 22.4 Å². The molecule has 39 heavy (non-hydrogen) atoms. The van der Waals surface area contributed by atoms with Crippen LogP contribution in [0.25, 0.3) is 0 Å². The van der Waals surface area contributed by atoms with Crippen LogP contribution in [0.4, 0.5) is 4.39 Å². The molecule has 3 aromatic carbocycles. The molecule has 0 aromatic heterocycles. The Kier molecular flexibility index (Phi) is 7.90. The Bertz CT molecular complexity index is 1370. The van der Waals surface area contributed by atoms with E-state index in [1.807, 2.05) is 73.8 Å². The number of benzene rings is 3. The van der Waals surface area contributed by atoms with Gasteiger partial charge in [-0.05, 0) is 61.2 Å². The fourth-order valence-corrected chi connectivity index (χ4v) is 5.75. The van der Waals surface area contributed by atoms with Crippen molar-refractivity contribution in [1.29, 1.82) is 0 Å². The average molecular weight is 523 g/mol. The largest absolute Gasteiger partial charge is 0.480 e. The molecular formula is C33H31FN2O3. The molecule has 3 aromatic rings. The number of halogens is 1. The van der Waals surface area contributed by atoms with Crippen LogP contribution >= 0.6 is 0 Å². The van der Waals surface area contributed by atoms with Gasteiger partial charge in [-0.15, -0.1) is 0 Å². The van der Waals surface area contributed by atoms with E-state index in [4.69, 9.17) is 0 Å². The standard InChI is InChI=1S/C33H31FN2O3/c1-35(20-8-9-23-14-17-27(34)18-15-23)29-21-26-16-19-28(22-29)36(31(26)33(38)39)32(37)30(24-10-4-2-5-11-24)25-12-6-3-7-13-25/h2-7,10-15,17-19,26,29-31H,16,20-22H2,1H3,(H,38,39)/t26-,29?,31+/m1/s1. The first-order valence-corrected chi connectivity index (χ1v) is 13.2. The second-order valence-electron chi connectivity index (χ2n) is 10.3. The van der Waals surface area contributed by atoms with Gasteiger partial charge in [-0.2, -0.15) is 0 Å². The monoisotopic (exact) mass is 522 g/mol. The van der Waals surface area contributed by atoms with Crippen molar-refractivity contribution < 1.29 is 19.1 Å². The molecule has 0 radical (unpaired) electrons. The number of allylic oxidation sites excluding steroid dienone is 1. The normalized spacial score (nSPS) is 20.3. The second-order valence-corrected chi connectivity index (χ2v) is 10.3. The van der Waals surface area contributed by atoms with Crippen molar-refractivity contribution in [3.63, 3.8) is 0 Å². The first-order chi connectivity index (χ1) is 18.9. The van der Waals surface area contributed by atoms with Gasteiger partial charge in [0.2, 0.25) is 5.91 Å². The van der Waals surface area contributed by atoms with Crippen molar-refractivity contribution >= 4 is 11.9 Å². The van der Waals surface area contributed by atoms with Gasteiger partial charge in [0.25, 0.3) is 0 Å². The summed E-state index contributed by atoms with van der Waals surface area (Å²) in [7, 11) is 1.98. The summed E-state index contributed by atoms with van der Waals surface area (Å²) in [6, 6.07) is 24.3. The number of carbonyl (C=O) groups is 2. The van der Waals surface area contributed by atoms with Crippen LogP contribution in [0.15, 0.2) is 96.7 Å². The van der Waals surface area contributed by atoms with Gasteiger partial charge in [0.15, 0.2) is 0 Å². The Labute approximate surface area is 228 Å². The lowest BCUT2D eigenvalue weighted by molar-refractivity contribution is -0.151. The average Bonchev–Trinajstić information content (AvgIpc) is 3.26. The van der Waals surface area contributed by atoms with E-state index in [-0.39, 0.29) is 23.7 Å². The highest BCUT2D eigenvalue weighted by atomic mass is 19.1. The molecule has 5 nitrogen and oxygen atoms in total. The Hall–Kier alpha value is -4.21.